The maximum atomic E-state index is 13.6. The monoisotopic (exact) mass is 282 g/mol. The predicted molar refractivity (Wildman–Crippen MR) is 72.7 cm³/mol. The van der Waals surface area contributed by atoms with Crippen molar-refractivity contribution in [2.45, 2.75) is 32.4 Å². The van der Waals surface area contributed by atoms with Gasteiger partial charge in [0.15, 0.2) is 0 Å². The fraction of sp³-hybridized carbons (Fsp3) is 0.357. The maximum absolute atomic E-state index is 13.6. The van der Waals surface area contributed by atoms with Gasteiger partial charge in [-0.2, -0.15) is 5.10 Å². The molecule has 0 spiro atoms. The van der Waals surface area contributed by atoms with Crippen molar-refractivity contribution in [3.63, 3.8) is 0 Å². The zero-order valence-corrected chi connectivity index (χ0v) is 11.6. The number of aliphatic hydroxyl groups excluding tert-OH is 1. The van der Waals surface area contributed by atoms with Crippen molar-refractivity contribution in [1.29, 1.82) is 0 Å². The van der Waals surface area contributed by atoms with Crippen molar-refractivity contribution >= 4 is 11.6 Å². The number of halogens is 2. The number of aromatic nitrogens is 2. The second-order valence-electron chi connectivity index (χ2n) is 4.77. The molecule has 2 rings (SSSR count). The van der Waals surface area contributed by atoms with E-state index in [4.69, 9.17) is 11.6 Å². The largest absolute Gasteiger partial charge is 0.388 e. The molecular formula is C14H16ClFN2O. The van der Waals surface area contributed by atoms with E-state index in [9.17, 15) is 9.50 Å². The van der Waals surface area contributed by atoms with Gasteiger partial charge in [-0.25, -0.2) is 4.39 Å². The lowest BCUT2D eigenvalue weighted by Gasteiger charge is -2.11. The highest BCUT2D eigenvalue weighted by molar-refractivity contribution is 6.31. The molecule has 19 heavy (non-hydrogen) atoms. The molecule has 3 nitrogen and oxygen atoms in total. The van der Waals surface area contributed by atoms with Gasteiger partial charge < -0.3 is 5.11 Å². The molecule has 0 radical (unpaired) electrons. The number of rotatable bonds is 4. The topological polar surface area (TPSA) is 38.0 Å². The van der Waals surface area contributed by atoms with Crippen LogP contribution in [0.5, 0.6) is 0 Å². The van der Waals surface area contributed by atoms with E-state index in [-0.39, 0.29) is 12.5 Å². The molecule has 1 aromatic carbocycles. The third-order valence-corrected chi connectivity index (χ3v) is 3.35. The number of nitrogens with zero attached hydrogens (tertiary/aromatic N) is 2. The highest BCUT2D eigenvalue weighted by Gasteiger charge is 2.16. The average Bonchev–Trinajstić information content (AvgIpc) is 2.83. The van der Waals surface area contributed by atoms with E-state index in [0.29, 0.717) is 16.1 Å². The lowest BCUT2D eigenvalue weighted by atomic mass is 10.0. The van der Waals surface area contributed by atoms with Gasteiger partial charge >= 0.3 is 0 Å². The SMILES string of the molecule is CC(C)n1cc(C(O)Cc2c(F)cccc2Cl)cn1. The minimum Gasteiger partial charge on any atom is -0.388 e. The van der Waals surface area contributed by atoms with E-state index in [2.05, 4.69) is 5.10 Å². The minimum atomic E-state index is -0.818. The van der Waals surface area contributed by atoms with E-state index < -0.39 is 11.9 Å². The first-order valence-electron chi connectivity index (χ1n) is 6.14. The highest BCUT2D eigenvalue weighted by Crippen LogP contribution is 2.25. The van der Waals surface area contributed by atoms with Crippen molar-refractivity contribution in [2.24, 2.45) is 0 Å². The summed E-state index contributed by atoms with van der Waals surface area (Å²) in [4.78, 5) is 0. The molecule has 0 aliphatic carbocycles. The molecule has 0 saturated heterocycles. The van der Waals surface area contributed by atoms with Crippen LogP contribution >= 0.6 is 11.6 Å². The van der Waals surface area contributed by atoms with E-state index in [0.717, 1.165) is 0 Å². The summed E-state index contributed by atoms with van der Waals surface area (Å²) in [5.74, 6) is -0.400. The quantitative estimate of drug-likeness (QED) is 0.931. The van der Waals surface area contributed by atoms with Crippen LogP contribution in [0.4, 0.5) is 4.39 Å². The first-order valence-corrected chi connectivity index (χ1v) is 6.52. The molecule has 0 fully saturated rings. The predicted octanol–water partition coefficient (Wildman–Crippen LogP) is 3.53. The molecule has 0 bridgehead atoms. The van der Waals surface area contributed by atoms with Crippen LogP contribution in [0, 0.1) is 5.82 Å². The molecule has 0 aliphatic rings. The Bertz CT molecular complexity index is 548. The molecule has 0 amide bonds. The molecule has 5 heteroatoms. The lowest BCUT2D eigenvalue weighted by molar-refractivity contribution is 0.177. The van der Waals surface area contributed by atoms with Gasteiger partial charge in [-0.15, -0.1) is 0 Å². The summed E-state index contributed by atoms with van der Waals surface area (Å²) in [7, 11) is 0. The van der Waals surface area contributed by atoms with Crippen LogP contribution in [0.25, 0.3) is 0 Å². The molecule has 102 valence electrons. The normalized spacial score (nSPS) is 12.9. The summed E-state index contributed by atoms with van der Waals surface area (Å²) in [5.41, 5.74) is 0.988. The van der Waals surface area contributed by atoms with Crippen LogP contribution in [0.1, 0.15) is 37.1 Å². The van der Waals surface area contributed by atoms with Gasteiger partial charge in [0.05, 0.1) is 12.3 Å². The Hall–Kier alpha value is -1.39. The number of benzene rings is 1. The zero-order valence-electron chi connectivity index (χ0n) is 10.8. The lowest BCUT2D eigenvalue weighted by Crippen LogP contribution is -2.04. The minimum absolute atomic E-state index is 0.134. The maximum Gasteiger partial charge on any atom is 0.127 e. The van der Waals surface area contributed by atoms with Crippen molar-refractivity contribution in [2.75, 3.05) is 0 Å². The second-order valence-corrected chi connectivity index (χ2v) is 5.17. The van der Waals surface area contributed by atoms with E-state index in [1.165, 1.54) is 6.07 Å². The Morgan fingerprint density at radius 2 is 2.16 bits per heavy atom. The third-order valence-electron chi connectivity index (χ3n) is 2.99. The Labute approximate surface area is 116 Å². The average molecular weight is 283 g/mol. The number of hydrogen-bond acceptors (Lipinski definition) is 2. The number of hydrogen-bond donors (Lipinski definition) is 1. The molecule has 0 aliphatic heterocycles. The highest BCUT2D eigenvalue weighted by atomic mass is 35.5. The van der Waals surface area contributed by atoms with Crippen LogP contribution in [0.15, 0.2) is 30.6 Å². The van der Waals surface area contributed by atoms with Crippen molar-refractivity contribution < 1.29 is 9.50 Å². The summed E-state index contributed by atoms with van der Waals surface area (Å²) in [6, 6.07) is 4.72. The fourth-order valence-corrected chi connectivity index (χ4v) is 2.09. The summed E-state index contributed by atoms with van der Waals surface area (Å²) < 4.78 is 15.4. The van der Waals surface area contributed by atoms with Crippen LogP contribution < -0.4 is 0 Å². The molecule has 1 N–H and O–H groups in total. The van der Waals surface area contributed by atoms with Crippen LogP contribution in [0.3, 0.4) is 0 Å². The van der Waals surface area contributed by atoms with E-state index in [1.54, 1.807) is 29.2 Å². The van der Waals surface area contributed by atoms with Gasteiger partial charge in [0, 0.05) is 34.8 Å². The van der Waals surface area contributed by atoms with Gasteiger partial charge in [0.2, 0.25) is 0 Å². The molecule has 1 aromatic heterocycles. The summed E-state index contributed by atoms with van der Waals surface area (Å²) in [6.45, 7) is 3.99. The Kier molecular flexibility index (Phi) is 4.22. The molecule has 1 atom stereocenters. The van der Waals surface area contributed by atoms with Crippen LogP contribution in [-0.2, 0) is 6.42 Å². The molecule has 1 unspecified atom stereocenters. The van der Waals surface area contributed by atoms with Gasteiger partial charge in [0.1, 0.15) is 5.82 Å². The first-order chi connectivity index (χ1) is 8.99. The van der Waals surface area contributed by atoms with Gasteiger partial charge in [-0.3, -0.25) is 4.68 Å². The van der Waals surface area contributed by atoms with Gasteiger partial charge in [-0.05, 0) is 26.0 Å². The molecule has 1 heterocycles. The van der Waals surface area contributed by atoms with Crippen molar-refractivity contribution in [3.8, 4) is 0 Å². The second kappa shape index (κ2) is 5.72. The summed E-state index contributed by atoms with van der Waals surface area (Å²) >= 11 is 5.94. The number of aliphatic hydroxyl groups is 1. The Balaban J connectivity index is 2.18. The van der Waals surface area contributed by atoms with Gasteiger partial charge in [0.25, 0.3) is 0 Å². The zero-order chi connectivity index (χ0) is 14.0. The summed E-state index contributed by atoms with van der Waals surface area (Å²) in [5, 5.41) is 14.6. The standard InChI is InChI=1S/C14H16ClFN2O/c1-9(2)18-8-10(7-17-18)14(19)6-11-12(15)4-3-5-13(11)16/h3-5,7-9,14,19H,6H2,1-2H3. The smallest absolute Gasteiger partial charge is 0.127 e. The van der Waals surface area contributed by atoms with Crippen molar-refractivity contribution in [3.05, 3.63) is 52.6 Å². The Morgan fingerprint density at radius 1 is 1.42 bits per heavy atom. The van der Waals surface area contributed by atoms with Crippen LogP contribution in [0.2, 0.25) is 5.02 Å². The first kappa shape index (κ1) is 14.0. The summed E-state index contributed by atoms with van der Waals surface area (Å²) in [6.07, 6.45) is 2.68. The molecular weight excluding hydrogens is 267 g/mol. The Morgan fingerprint density at radius 3 is 2.74 bits per heavy atom. The van der Waals surface area contributed by atoms with Crippen LogP contribution in [-0.4, -0.2) is 14.9 Å². The molecule has 2 aromatic rings. The van der Waals surface area contributed by atoms with Gasteiger partial charge in [-0.1, -0.05) is 17.7 Å². The van der Waals surface area contributed by atoms with Crippen molar-refractivity contribution in [1.82, 2.24) is 9.78 Å². The third kappa shape index (κ3) is 3.14. The van der Waals surface area contributed by atoms with E-state index >= 15 is 0 Å². The van der Waals surface area contributed by atoms with E-state index in [1.807, 2.05) is 13.8 Å². The fourth-order valence-electron chi connectivity index (χ4n) is 1.85. The molecule has 0 saturated carbocycles.